The standard InChI is InChI=1S/C28H32FN3O2/c1-34-27-14-7-6-13-26(27)32-19-17-31(18-20-32)16-8-15-28(33)30-21-22-9-2-3-10-23(22)24-11-4-5-12-25(24)29/h2-7,9-14H,8,15-21H2,1H3,(H,30,33). The van der Waals surface area contributed by atoms with Crippen LogP contribution in [-0.4, -0.2) is 50.6 Å². The second-order valence-corrected chi connectivity index (χ2v) is 8.52. The normalized spacial score (nSPS) is 14.1. The van der Waals surface area contributed by atoms with Gasteiger partial charge in [0.1, 0.15) is 11.6 Å². The molecule has 4 rings (SSSR count). The number of carbonyl (C=O) groups is 1. The first kappa shape index (κ1) is 23.8. The van der Waals surface area contributed by atoms with E-state index in [1.165, 1.54) is 6.07 Å². The van der Waals surface area contributed by atoms with Crippen LogP contribution in [0.15, 0.2) is 72.8 Å². The maximum Gasteiger partial charge on any atom is 0.220 e. The number of hydrogen-bond donors (Lipinski definition) is 1. The average Bonchev–Trinajstić information content (AvgIpc) is 2.88. The van der Waals surface area contributed by atoms with Crippen LogP contribution >= 0.6 is 0 Å². The number of anilines is 1. The molecule has 178 valence electrons. The van der Waals surface area contributed by atoms with Crippen molar-refractivity contribution in [2.45, 2.75) is 19.4 Å². The number of ether oxygens (including phenoxy) is 1. The maximum absolute atomic E-state index is 14.3. The highest BCUT2D eigenvalue weighted by Crippen LogP contribution is 2.28. The van der Waals surface area contributed by atoms with Crippen LogP contribution in [-0.2, 0) is 11.3 Å². The van der Waals surface area contributed by atoms with Crippen molar-refractivity contribution < 1.29 is 13.9 Å². The Labute approximate surface area is 201 Å². The van der Waals surface area contributed by atoms with E-state index in [-0.39, 0.29) is 11.7 Å². The molecular weight excluding hydrogens is 429 g/mol. The molecule has 0 unspecified atom stereocenters. The smallest absolute Gasteiger partial charge is 0.220 e. The van der Waals surface area contributed by atoms with Crippen molar-refractivity contribution >= 4 is 11.6 Å². The first-order chi connectivity index (χ1) is 16.7. The van der Waals surface area contributed by atoms with Gasteiger partial charge < -0.3 is 15.0 Å². The predicted molar refractivity (Wildman–Crippen MR) is 135 cm³/mol. The Kier molecular flexibility index (Phi) is 8.15. The lowest BCUT2D eigenvalue weighted by Gasteiger charge is -2.36. The van der Waals surface area contributed by atoms with Crippen molar-refractivity contribution in [3.63, 3.8) is 0 Å². The lowest BCUT2D eigenvalue weighted by Crippen LogP contribution is -2.46. The van der Waals surface area contributed by atoms with Gasteiger partial charge in [-0.25, -0.2) is 4.39 Å². The van der Waals surface area contributed by atoms with Crippen LogP contribution in [0.25, 0.3) is 11.1 Å². The highest BCUT2D eigenvalue weighted by molar-refractivity contribution is 5.76. The SMILES string of the molecule is COc1ccccc1N1CCN(CCCC(=O)NCc2ccccc2-c2ccccc2F)CC1. The molecule has 0 radical (unpaired) electrons. The molecule has 1 amide bonds. The molecule has 1 N–H and O–H groups in total. The van der Waals surface area contributed by atoms with Crippen LogP contribution in [0.3, 0.4) is 0 Å². The zero-order chi connectivity index (χ0) is 23.8. The topological polar surface area (TPSA) is 44.8 Å². The number of rotatable bonds is 9. The minimum atomic E-state index is -0.257. The molecule has 0 atom stereocenters. The van der Waals surface area contributed by atoms with Crippen LogP contribution in [0.4, 0.5) is 10.1 Å². The van der Waals surface area contributed by atoms with Crippen LogP contribution in [0.5, 0.6) is 5.75 Å². The second-order valence-electron chi connectivity index (χ2n) is 8.52. The van der Waals surface area contributed by atoms with Crippen LogP contribution < -0.4 is 15.0 Å². The van der Waals surface area contributed by atoms with Gasteiger partial charge in [-0.05, 0) is 42.3 Å². The van der Waals surface area contributed by atoms with Gasteiger partial charge in [-0.15, -0.1) is 0 Å². The molecule has 34 heavy (non-hydrogen) atoms. The number of hydrogen-bond acceptors (Lipinski definition) is 4. The molecule has 1 aliphatic heterocycles. The van der Waals surface area contributed by atoms with Gasteiger partial charge in [0.25, 0.3) is 0 Å². The molecule has 0 saturated carbocycles. The monoisotopic (exact) mass is 461 g/mol. The summed E-state index contributed by atoms with van der Waals surface area (Å²) in [7, 11) is 1.71. The lowest BCUT2D eigenvalue weighted by atomic mass is 9.99. The van der Waals surface area contributed by atoms with Crippen LogP contribution in [0, 0.1) is 5.82 Å². The van der Waals surface area contributed by atoms with Gasteiger partial charge in [-0.1, -0.05) is 54.6 Å². The Hall–Kier alpha value is -3.38. The first-order valence-corrected chi connectivity index (χ1v) is 11.9. The molecule has 6 heteroatoms. The van der Waals surface area contributed by atoms with Gasteiger partial charge in [-0.2, -0.15) is 0 Å². The third-order valence-electron chi connectivity index (χ3n) is 6.33. The Morgan fingerprint density at radius 3 is 2.35 bits per heavy atom. The minimum absolute atomic E-state index is 0.0241. The minimum Gasteiger partial charge on any atom is -0.495 e. The second kappa shape index (κ2) is 11.7. The lowest BCUT2D eigenvalue weighted by molar-refractivity contribution is -0.121. The highest BCUT2D eigenvalue weighted by atomic mass is 19.1. The molecule has 0 bridgehead atoms. The van der Waals surface area contributed by atoms with E-state index in [0.29, 0.717) is 18.5 Å². The van der Waals surface area contributed by atoms with Crippen molar-refractivity contribution in [1.82, 2.24) is 10.2 Å². The van der Waals surface area contributed by atoms with Gasteiger partial charge in [0.15, 0.2) is 0 Å². The van der Waals surface area contributed by atoms with E-state index in [2.05, 4.69) is 21.2 Å². The van der Waals surface area contributed by atoms with E-state index in [0.717, 1.165) is 61.7 Å². The molecule has 0 aromatic heterocycles. The largest absolute Gasteiger partial charge is 0.495 e. The van der Waals surface area contributed by atoms with Crippen molar-refractivity contribution in [2.75, 3.05) is 44.7 Å². The molecular formula is C28H32FN3O2. The zero-order valence-electron chi connectivity index (χ0n) is 19.7. The van der Waals surface area contributed by atoms with Crippen molar-refractivity contribution in [3.05, 3.63) is 84.2 Å². The fourth-order valence-electron chi connectivity index (χ4n) is 4.47. The number of halogens is 1. The number of carbonyl (C=O) groups excluding carboxylic acids is 1. The Morgan fingerprint density at radius 2 is 1.59 bits per heavy atom. The fraction of sp³-hybridized carbons (Fsp3) is 0.321. The van der Waals surface area contributed by atoms with Gasteiger partial charge >= 0.3 is 0 Å². The van der Waals surface area contributed by atoms with Gasteiger partial charge in [0.2, 0.25) is 5.91 Å². The number of methoxy groups -OCH3 is 1. The summed E-state index contributed by atoms with van der Waals surface area (Å²) in [5, 5.41) is 3.01. The Balaban J connectivity index is 1.21. The molecule has 0 aliphatic carbocycles. The molecule has 1 heterocycles. The summed E-state index contributed by atoms with van der Waals surface area (Å²) in [5.41, 5.74) is 3.42. The summed E-state index contributed by atoms with van der Waals surface area (Å²) in [5.74, 6) is 0.673. The van der Waals surface area contributed by atoms with Gasteiger partial charge in [0.05, 0.1) is 12.8 Å². The van der Waals surface area contributed by atoms with E-state index in [4.69, 9.17) is 4.74 Å². The summed E-state index contributed by atoms with van der Waals surface area (Å²) in [6.45, 7) is 5.12. The number of nitrogens with zero attached hydrogens (tertiary/aromatic N) is 2. The van der Waals surface area contributed by atoms with Crippen LogP contribution in [0.1, 0.15) is 18.4 Å². The van der Waals surface area contributed by atoms with Crippen LogP contribution in [0.2, 0.25) is 0 Å². The number of nitrogens with one attached hydrogen (secondary N) is 1. The van der Waals surface area contributed by atoms with Crippen molar-refractivity contribution in [2.24, 2.45) is 0 Å². The first-order valence-electron chi connectivity index (χ1n) is 11.9. The molecule has 5 nitrogen and oxygen atoms in total. The van der Waals surface area contributed by atoms with E-state index in [1.807, 2.05) is 48.5 Å². The highest BCUT2D eigenvalue weighted by Gasteiger charge is 2.19. The number of benzene rings is 3. The number of para-hydroxylation sites is 2. The van der Waals surface area contributed by atoms with Gasteiger partial charge in [-0.3, -0.25) is 9.69 Å². The molecule has 1 aliphatic rings. The average molecular weight is 462 g/mol. The predicted octanol–water partition coefficient (Wildman–Crippen LogP) is 4.72. The summed E-state index contributed by atoms with van der Waals surface area (Å²) in [6, 6.07) is 22.5. The van der Waals surface area contributed by atoms with E-state index >= 15 is 0 Å². The Morgan fingerprint density at radius 1 is 0.912 bits per heavy atom. The van der Waals surface area contributed by atoms with E-state index in [9.17, 15) is 9.18 Å². The molecule has 3 aromatic carbocycles. The van der Waals surface area contributed by atoms with E-state index < -0.39 is 0 Å². The zero-order valence-corrected chi connectivity index (χ0v) is 19.7. The summed E-state index contributed by atoms with van der Waals surface area (Å²) in [6.07, 6.45) is 1.30. The quantitative estimate of drug-likeness (QED) is 0.501. The fourth-order valence-corrected chi connectivity index (χ4v) is 4.47. The summed E-state index contributed by atoms with van der Waals surface area (Å²) < 4.78 is 19.7. The molecule has 1 saturated heterocycles. The summed E-state index contributed by atoms with van der Waals surface area (Å²) in [4.78, 5) is 17.2. The maximum atomic E-state index is 14.3. The van der Waals surface area contributed by atoms with E-state index in [1.54, 1.807) is 19.2 Å². The number of piperazine rings is 1. The van der Waals surface area contributed by atoms with Crippen molar-refractivity contribution in [1.29, 1.82) is 0 Å². The van der Waals surface area contributed by atoms with Gasteiger partial charge in [0, 0.05) is 44.7 Å². The molecule has 1 fully saturated rings. The molecule has 0 spiro atoms. The third-order valence-corrected chi connectivity index (χ3v) is 6.33. The van der Waals surface area contributed by atoms with Crippen molar-refractivity contribution in [3.8, 4) is 16.9 Å². The molecule has 3 aromatic rings. The Bertz CT molecular complexity index is 1100. The summed E-state index contributed by atoms with van der Waals surface area (Å²) >= 11 is 0. The number of amides is 1. The third kappa shape index (κ3) is 5.94.